The van der Waals surface area contributed by atoms with Gasteiger partial charge in [0.2, 0.25) is 0 Å². The molecule has 0 heterocycles. The summed E-state index contributed by atoms with van der Waals surface area (Å²) in [7, 11) is 0. The van der Waals surface area contributed by atoms with Gasteiger partial charge in [-0.1, -0.05) is 0 Å². The third-order valence-corrected chi connectivity index (χ3v) is 4.48. The molecule has 36 heavy (non-hydrogen) atoms. The van der Waals surface area contributed by atoms with Gasteiger partial charge in [0.1, 0.15) is 22.9 Å². The molecule has 190 valence electrons. The molecular formula is C25H23F4N3O4. The molecule has 0 radical (unpaired) electrons. The Labute approximate surface area is 204 Å². The number of alkyl halides is 3. The van der Waals surface area contributed by atoms with E-state index >= 15 is 0 Å². The molecule has 0 aliphatic heterocycles. The minimum absolute atomic E-state index is 0.124. The average molecular weight is 505 g/mol. The van der Waals surface area contributed by atoms with E-state index in [4.69, 9.17) is 15.2 Å². The summed E-state index contributed by atoms with van der Waals surface area (Å²) < 4.78 is 63.2. The Morgan fingerprint density at radius 3 is 2.08 bits per heavy atom. The Hall–Kier alpha value is -4.28. The van der Waals surface area contributed by atoms with E-state index in [1.54, 1.807) is 45.0 Å². The van der Waals surface area contributed by atoms with Gasteiger partial charge in [0.25, 0.3) is 5.91 Å². The first-order chi connectivity index (χ1) is 16.7. The minimum atomic E-state index is -4.80. The quantitative estimate of drug-likeness (QED) is 0.261. The number of carbonyl (C=O) groups is 2. The lowest BCUT2D eigenvalue weighted by Crippen LogP contribution is -2.27. The van der Waals surface area contributed by atoms with Crippen molar-refractivity contribution in [2.75, 3.05) is 16.4 Å². The van der Waals surface area contributed by atoms with Crippen molar-refractivity contribution in [3.05, 3.63) is 77.6 Å². The molecule has 0 saturated heterocycles. The first-order valence-electron chi connectivity index (χ1n) is 10.6. The number of rotatable bonds is 5. The molecule has 0 spiro atoms. The molecule has 0 atom stereocenters. The van der Waals surface area contributed by atoms with Gasteiger partial charge >= 0.3 is 12.3 Å². The fourth-order valence-corrected chi connectivity index (χ4v) is 2.96. The smallest absolute Gasteiger partial charge is 0.416 e. The number of hydrogen-bond donors (Lipinski definition) is 3. The normalized spacial score (nSPS) is 11.5. The van der Waals surface area contributed by atoms with E-state index in [-0.39, 0.29) is 17.1 Å². The highest BCUT2D eigenvalue weighted by atomic mass is 19.4. The molecule has 0 fully saturated rings. The number of nitrogen functional groups attached to an aromatic ring is 1. The largest absolute Gasteiger partial charge is 0.455 e. The maximum Gasteiger partial charge on any atom is 0.416 e. The Kier molecular flexibility index (Phi) is 7.42. The molecule has 11 heteroatoms. The SMILES string of the molecule is CC(C)(C)OC(=O)Nc1ccc(Oc2ccc(NC(=O)c3cc(F)cc(C(F)(F)F)c3)cc2N)cc1. The summed E-state index contributed by atoms with van der Waals surface area (Å²) in [5.41, 5.74) is 4.34. The maximum absolute atomic E-state index is 13.6. The van der Waals surface area contributed by atoms with Crippen molar-refractivity contribution < 1.29 is 36.6 Å². The summed E-state index contributed by atoms with van der Waals surface area (Å²) >= 11 is 0. The third-order valence-electron chi connectivity index (χ3n) is 4.48. The second-order valence-electron chi connectivity index (χ2n) is 8.69. The molecule has 0 aromatic heterocycles. The highest BCUT2D eigenvalue weighted by molar-refractivity contribution is 6.04. The molecular weight excluding hydrogens is 482 g/mol. The predicted molar refractivity (Wildman–Crippen MR) is 127 cm³/mol. The molecule has 3 aromatic carbocycles. The lowest BCUT2D eigenvalue weighted by molar-refractivity contribution is -0.137. The number of ether oxygens (including phenoxy) is 2. The molecule has 7 nitrogen and oxygen atoms in total. The molecule has 0 bridgehead atoms. The van der Waals surface area contributed by atoms with Gasteiger partial charge in [-0.05, 0) is 81.4 Å². The monoisotopic (exact) mass is 505 g/mol. The van der Waals surface area contributed by atoms with E-state index in [1.165, 1.54) is 18.2 Å². The highest BCUT2D eigenvalue weighted by Crippen LogP contribution is 2.32. The number of nitrogens with one attached hydrogen (secondary N) is 2. The molecule has 2 amide bonds. The fraction of sp³-hybridized carbons (Fsp3) is 0.200. The van der Waals surface area contributed by atoms with E-state index in [1.807, 2.05) is 0 Å². The Balaban J connectivity index is 1.66. The summed E-state index contributed by atoms with van der Waals surface area (Å²) in [4.78, 5) is 24.2. The second-order valence-corrected chi connectivity index (χ2v) is 8.69. The van der Waals surface area contributed by atoms with E-state index in [9.17, 15) is 27.2 Å². The summed E-state index contributed by atoms with van der Waals surface area (Å²) in [6.07, 6.45) is -5.41. The lowest BCUT2D eigenvalue weighted by atomic mass is 10.1. The van der Waals surface area contributed by atoms with Crippen molar-refractivity contribution >= 4 is 29.1 Å². The van der Waals surface area contributed by atoms with Gasteiger partial charge in [0, 0.05) is 16.9 Å². The maximum atomic E-state index is 13.6. The van der Waals surface area contributed by atoms with Crippen LogP contribution in [0.15, 0.2) is 60.7 Å². The van der Waals surface area contributed by atoms with Gasteiger partial charge in [-0.25, -0.2) is 9.18 Å². The van der Waals surface area contributed by atoms with Gasteiger partial charge in [0.15, 0.2) is 0 Å². The first kappa shape index (κ1) is 26.3. The van der Waals surface area contributed by atoms with Gasteiger partial charge in [-0.3, -0.25) is 10.1 Å². The zero-order chi connectivity index (χ0) is 26.7. The van der Waals surface area contributed by atoms with Crippen LogP contribution in [0.2, 0.25) is 0 Å². The molecule has 4 N–H and O–H groups in total. The third kappa shape index (κ3) is 7.36. The summed E-state index contributed by atoms with van der Waals surface area (Å²) in [5.74, 6) is -1.50. The van der Waals surface area contributed by atoms with E-state index in [0.29, 0.717) is 29.6 Å². The van der Waals surface area contributed by atoms with Crippen LogP contribution < -0.4 is 21.1 Å². The Bertz CT molecular complexity index is 1270. The van der Waals surface area contributed by atoms with Crippen LogP contribution in [0.4, 0.5) is 39.4 Å². The van der Waals surface area contributed by atoms with Crippen LogP contribution in [-0.4, -0.2) is 17.6 Å². The standard InChI is InChI=1S/C25H23F4N3O4/c1-24(2,3)36-23(34)32-17-4-7-19(8-5-17)35-21-9-6-18(13-20(21)30)31-22(33)14-10-15(25(27,28)29)12-16(26)11-14/h4-13H,30H2,1-3H3,(H,31,33)(H,32,34). The summed E-state index contributed by atoms with van der Waals surface area (Å²) in [5, 5.41) is 4.96. The zero-order valence-electron chi connectivity index (χ0n) is 19.5. The number of benzene rings is 3. The molecule has 0 saturated carbocycles. The van der Waals surface area contributed by atoms with Gasteiger partial charge < -0.3 is 20.5 Å². The summed E-state index contributed by atoms with van der Waals surface area (Å²) in [6.45, 7) is 5.24. The molecule has 0 aliphatic rings. The number of carbonyl (C=O) groups excluding carboxylic acids is 2. The molecule has 3 aromatic rings. The second kappa shape index (κ2) is 10.1. The van der Waals surface area contributed by atoms with Crippen LogP contribution in [0.1, 0.15) is 36.7 Å². The fourth-order valence-electron chi connectivity index (χ4n) is 2.96. The molecule has 3 rings (SSSR count). The van der Waals surface area contributed by atoms with Crippen LogP contribution in [0.5, 0.6) is 11.5 Å². The zero-order valence-corrected chi connectivity index (χ0v) is 19.5. The summed E-state index contributed by atoms with van der Waals surface area (Å²) in [6, 6.07) is 12.1. The van der Waals surface area contributed by atoms with Crippen LogP contribution in [0.3, 0.4) is 0 Å². The topological polar surface area (TPSA) is 103 Å². The molecule has 0 aliphatic carbocycles. The number of halogens is 4. The minimum Gasteiger partial charge on any atom is -0.455 e. The lowest BCUT2D eigenvalue weighted by Gasteiger charge is -2.19. The van der Waals surface area contributed by atoms with Crippen molar-refractivity contribution in [1.82, 2.24) is 0 Å². The van der Waals surface area contributed by atoms with Gasteiger partial charge in [-0.15, -0.1) is 0 Å². The number of anilines is 3. The van der Waals surface area contributed by atoms with Crippen molar-refractivity contribution in [1.29, 1.82) is 0 Å². The van der Waals surface area contributed by atoms with Crippen LogP contribution in [0, 0.1) is 5.82 Å². The van der Waals surface area contributed by atoms with Crippen molar-refractivity contribution in [2.45, 2.75) is 32.5 Å². The van der Waals surface area contributed by atoms with E-state index < -0.39 is 40.7 Å². The molecule has 0 unspecified atom stereocenters. The highest BCUT2D eigenvalue weighted by Gasteiger charge is 2.32. The first-order valence-corrected chi connectivity index (χ1v) is 10.6. The van der Waals surface area contributed by atoms with Crippen molar-refractivity contribution in [3.63, 3.8) is 0 Å². The number of amides is 2. The van der Waals surface area contributed by atoms with Crippen molar-refractivity contribution in [3.8, 4) is 11.5 Å². The van der Waals surface area contributed by atoms with Crippen molar-refractivity contribution in [2.24, 2.45) is 0 Å². The van der Waals surface area contributed by atoms with Crippen LogP contribution >= 0.6 is 0 Å². The van der Waals surface area contributed by atoms with Gasteiger partial charge in [0.05, 0.1) is 11.3 Å². The van der Waals surface area contributed by atoms with Crippen LogP contribution in [0.25, 0.3) is 0 Å². The number of nitrogens with two attached hydrogens (primary N) is 1. The van der Waals surface area contributed by atoms with Crippen LogP contribution in [-0.2, 0) is 10.9 Å². The predicted octanol–water partition coefficient (Wildman–Crippen LogP) is 6.82. The Morgan fingerprint density at radius 1 is 0.861 bits per heavy atom. The van der Waals surface area contributed by atoms with Gasteiger partial charge in [-0.2, -0.15) is 13.2 Å². The Morgan fingerprint density at radius 2 is 1.50 bits per heavy atom. The average Bonchev–Trinajstić information content (AvgIpc) is 2.74. The van der Waals surface area contributed by atoms with E-state index in [2.05, 4.69) is 10.6 Å². The number of hydrogen-bond acceptors (Lipinski definition) is 5. The van der Waals surface area contributed by atoms with E-state index in [0.717, 1.165) is 0 Å².